The van der Waals surface area contributed by atoms with E-state index in [1.807, 2.05) is 0 Å². The van der Waals surface area contributed by atoms with E-state index in [1.165, 1.54) is 6.07 Å². The lowest BCUT2D eigenvalue weighted by molar-refractivity contribution is -0.154. The Morgan fingerprint density at radius 2 is 2.19 bits per heavy atom. The second kappa shape index (κ2) is 4.17. The summed E-state index contributed by atoms with van der Waals surface area (Å²) in [6.45, 7) is 0. The molecule has 0 atom stereocenters. The lowest BCUT2D eigenvalue weighted by atomic mass is 9.65. The molecule has 1 saturated carbocycles. The predicted octanol–water partition coefficient (Wildman–Crippen LogP) is 3.39. The smallest absolute Gasteiger partial charge is 0.309 e. The molecule has 16 heavy (non-hydrogen) atoms. The maximum Gasteiger partial charge on any atom is 0.309 e. The van der Waals surface area contributed by atoms with Gasteiger partial charge in [-0.2, -0.15) is 0 Å². The van der Waals surface area contributed by atoms with Crippen molar-refractivity contribution in [2.45, 2.75) is 25.7 Å². The molecule has 0 amide bonds. The third kappa shape index (κ3) is 1.86. The van der Waals surface area contributed by atoms with Crippen molar-refractivity contribution in [2.24, 2.45) is 5.41 Å². The first-order valence-corrected chi connectivity index (χ1v) is 6.01. The van der Waals surface area contributed by atoms with Gasteiger partial charge < -0.3 is 5.11 Å². The molecule has 0 aliphatic heterocycles. The van der Waals surface area contributed by atoms with Crippen molar-refractivity contribution in [2.75, 3.05) is 0 Å². The molecular weight excluding hydrogens is 275 g/mol. The molecule has 0 aromatic heterocycles. The summed E-state index contributed by atoms with van der Waals surface area (Å²) < 4.78 is 13.7. The molecule has 0 unspecified atom stereocenters. The van der Waals surface area contributed by atoms with Crippen LogP contribution in [0.3, 0.4) is 0 Å². The van der Waals surface area contributed by atoms with Crippen LogP contribution in [0.5, 0.6) is 0 Å². The summed E-state index contributed by atoms with van der Waals surface area (Å²) in [4.78, 5) is 11.2. The minimum Gasteiger partial charge on any atom is -0.481 e. The quantitative estimate of drug-likeness (QED) is 0.925. The van der Waals surface area contributed by atoms with Crippen LogP contribution >= 0.6 is 15.9 Å². The van der Waals surface area contributed by atoms with Crippen LogP contribution < -0.4 is 0 Å². The highest BCUT2D eigenvalue weighted by atomic mass is 79.9. The molecule has 0 spiro atoms. The molecule has 1 fully saturated rings. The molecule has 4 heteroatoms. The summed E-state index contributed by atoms with van der Waals surface area (Å²) in [5.41, 5.74) is 0.0677. The average molecular weight is 287 g/mol. The van der Waals surface area contributed by atoms with Gasteiger partial charge in [-0.25, -0.2) is 4.39 Å². The number of benzene rings is 1. The van der Waals surface area contributed by atoms with Crippen molar-refractivity contribution in [3.05, 3.63) is 34.1 Å². The van der Waals surface area contributed by atoms with Crippen LogP contribution in [-0.4, -0.2) is 11.1 Å². The van der Waals surface area contributed by atoms with Crippen LogP contribution in [-0.2, 0) is 11.2 Å². The van der Waals surface area contributed by atoms with E-state index in [2.05, 4.69) is 15.9 Å². The van der Waals surface area contributed by atoms with Gasteiger partial charge in [0.1, 0.15) is 5.82 Å². The van der Waals surface area contributed by atoms with Crippen molar-refractivity contribution < 1.29 is 14.3 Å². The number of hydrogen-bond donors (Lipinski definition) is 1. The third-order valence-corrected chi connectivity index (χ3v) is 4.21. The first-order chi connectivity index (χ1) is 7.55. The summed E-state index contributed by atoms with van der Waals surface area (Å²) in [5, 5.41) is 9.20. The monoisotopic (exact) mass is 286 g/mol. The zero-order chi connectivity index (χ0) is 11.8. The molecule has 0 bridgehead atoms. The Balaban J connectivity index is 2.26. The van der Waals surface area contributed by atoms with Crippen LogP contribution in [0.1, 0.15) is 24.8 Å². The molecule has 1 aromatic carbocycles. The van der Waals surface area contributed by atoms with Gasteiger partial charge in [-0.05, 0) is 46.8 Å². The number of aliphatic carboxylic acids is 1. The molecule has 0 radical (unpaired) electrons. The van der Waals surface area contributed by atoms with Crippen molar-refractivity contribution >= 4 is 21.9 Å². The topological polar surface area (TPSA) is 37.3 Å². The first-order valence-electron chi connectivity index (χ1n) is 5.21. The van der Waals surface area contributed by atoms with Crippen molar-refractivity contribution in [3.8, 4) is 0 Å². The summed E-state index contributed by atoms with van der Waals surface area (Å²) in [6, 6.07) is 4.75. The van der Waals surface area contributed by atoms with Gasteiger partial charge in [0, 0.05) is 0 Å². The fourth-order valence-corrected chi connectivity index (χ4v) is 2.52. The van der Waals surface area contributed by atoms with Crippen molar-refractivity contribution in [1.29, 1.82) is 0 Å². The molecule has 86 valence electrons. The number of carboxylic acid groups (broad SMARTS) is 1. The lowest BCUT2D eigenvalue weighted by Gasteiger charge is -2.38. The molecule has 1 aliphatic rings. The lowest BCUT2D eigenvalue weighted by Crippen LogP contribution is -2.40. The maximum atomic E-state index is 13.3. The molecule has 1 N–H and O–H groups in total. The van der Waals surface area contributed by atoms with E-state index in [4.69, 9.17) is 0 Å². The Morgan fingerprint density at radius 1 is 1.50 bits per heavy atom. The summed E-state index contributed by atoms with van der Waals surface area (Å²) in [7, 11) is 0. The zero-order valence-electron chi connectivity index (χ0n) is 8.67. The molecular formula is C12H12BrFO2. The SMILES string of the molecule is O=C(O)C1(Cc2cccc(F)c2Br)CCC1. The summed E-state index contributed by atoms with van der Waals surface area (Å²) in [6.07, 6.45) is 2.72. The second-order valence-corrected chi connectivity index (χ2v) is 5.12. The van der Waals surface area contributed by atoms with Gasteiger partial charge in [0.25, 0.3) is 0 Å². The Bertz CT molecular complexity index is 427. The van der Waals surface area contributed by atoms with E-state index in [0.717, 1.165) is 12.0 Å². The van der Waals surface area contributed by atoms with Gasteiger partial charge in [0.15, 0.2) is 0 Å². The number of carbonyl (C=O) groups is 1. The van der Waals surface area contributed by atoms with Gasteiger partial charge in [-0.3, -0.25) is 4.79 Å². The fourth-order valence-electron chi connectivity index (χ4n) is 2.12. The average Bonchev–Trinajstić information content (AvgIpc) is 2.17. The van der Waals surface area contributed by atoms with E-state index in [1.54, 1.807) is 12.1 Å². The Kier molecular flexibility index (Phi) is 3.02. The van der Waals surface area contributed by atoms with Crippen LogP contribution in [0.2, 0.25) is 0 Å². The third-order valence-electron chi connectivity index (χ3n) is 3.32. The van der Waals surface area contributed by atoms with Crippen LogP contribution in [0.4, 0.5) is 4.39 Å². The molecule has 1 aromatic rings. The number of carboxylic acids is 1. The Morgan fingerprint density at radius 3 is 2.69 bits per heavy atom. The van der Waals surface area contributed by atoms with Crippen molar-refractivity contribution in [1.82, 2.24) is 0 Å². The Labute approximate surface area is 102 Å². The summed E-state index contributed by atoms with van der Waals surface area (Å²) >= 11 is 3.17. The highest BCUT2D eigenvalue weighted by Gasteiger charge is 2.44. The van der Waals surface area contributed by atoms with E-state index in [0.29, 0.717) is 23.7 Å². The second-order valence-electron chi connectivity index (χ2n) is 4.33. The van der Waals surface area contributed by atoms with Crippen LogP contribution in [0, 0.1) is 11.2 Å². The summed E-state index contributed by atoms with van der Waals surface area (Å²) in [5.74, 6) is -1.10. The molecule has 0 heterocycles. The highest BCUT2D eigenvalue weighted by Crippen LogP contribution is 2.45. The van der Waals surface area contributed by atoms with Crippen molar-refractivity contribution in [3.63, 3.8) is 0 Å². The van der Waals surface area contributed by atoms with E-state index in [-0.39, 0.29) is 5.82 Å². The minimum atomic E-state index is -0.769. The fraction of sp³-hybridized carbons (Fsp3) is 0.417. The zero-order valence-corrected chi connectivity index (χ0v) is 10.3. The van der Waals surface area contributed by atoms with E-state index in [9.17, 15) is 14.3 Å². The van der Waals surface area contributed by atoms with E-state index < -0.39 is 11.4 Å². The van der Waals surface area contributed by atoms with E-state index >= 15 is 0 Å². The first kappa shape index (κ1) is 11.6. The number of hydrogen-bond acceptors (Lipinski definition) is 1. The van der Waals surface area contributed by atoms with Gasteiger partial charge in [0.2, 0.25) is 0 Å². The minimum absolute atomic E-state index is 0.336. The van der Waals surface area contributed by atoms with Gasteiger partial charge in [-0.1, -0.05) is 18.6 Å². The molecule has 1 aliphatic carbocycles. The molecule has 0 saturated heterocycles. The molecule has 2 nitrogen and oxygen atoms in total. The highest BCUT2D eigenvalue weighted by molar-refractivity contribution is 9.10. The maximum absolute atomic E-state index is 13.3. The standard InChI is InChI=1S/C12H12BrFO2/c13-10-8(3-1-4-9(10)14)7-12(11(15)16)5-2-6-12/h1,3-4H,2,5-7H2,(H,15,16). The van der Waals surface area contributed by atoms with Crippen LogP contribution in [0.15, 0.2) is 22.7 Å². The van der Waals surface area contributed by atoms with Gasteiger partial charge in [0.05, 0.1) is 9.89 Å². The van der Waals surface area contributed by atoms with Gasteiger partial charge in [-0.15, -0.1) is 0 Å². The van der Waals surface area contributed by atoms with Crippen LogP contribution in [0.25, 0.3) is 0 Å². The largest absolute Gasteiger partial charge is 0.481 e. The predicted molar refractivity (Wildman–Crippen MR) is 61.7 cm³/mol. The normalized spacial score (nSPS) is 17.9. The number of rotatable bonds is 3. The van der Waals surface area contributed by atoms with Gasteiger partial charge >= 0.3 is 5.97 Å². The number of halogens is 2. The Hall–Kier alpha value is -0.900. The molecule has 2 rings (SSSR count).